The second-order valence-corrected chi connectivity index (χ2v) is 6.61. The summed E-state index contributed by atoms with van der Waals surface area (Å²) < 4.78 is 10.5. The molecule has 1 aromatic carbocycles. The lowest BCUT2D eigenvalue weighted by Crippen LogP contribution is -2.34. The summed E-state index contributed by atoms with van der Waals surface area (Å²) in [5.74, 6) is -0.226. The SMILES string of the molecule is CC(C)(C)OC(=O)NC(=CC1CC1)C(=O)OCc1ccccc1. The quantitative estimate of drug-likeness (QED) is 0.666. The topological polar surface area (TPSA) is 64.6 Å². The van der Waals surface area contributed by atoms with Crippen molar-refractivity contribution in [1.29, 1.82) is 0 Å². The molecule has 1 amide bonds. The van der Waals surface area contributed by atoms with Gasteiger partial charge in [-0.3, -0.25) is 5.32 Å². The van der Waals surface area contributed by atoms with Crippen LogP contribution in [0.15, 0.2) is 42.1 Å². The van der Waals surface area contributed by atoms with Crippen LogP contribution in [0.2, 0.25) is 0 Å². The zero-order chi connectivity index (χ0) is 16.9. The minimum absolute atomic E-state index is 0.151. The monoisotopic (exact) mass is 317 g/mol. The van der Waals surface area contributed by atoms with Crippen LogP contribution < -0.4 is 5.32 Å². The molecule has 0 saturated heterocycles. The smallest absolute Gasteiger partial charge is 0.412 e. The number of hydrogen-bond donors (Lipinski definition) is 1. The Morgan fingerprint density at radius 1 is 1.22 bits per heavy atom. The molecule has 5 heteroatoms. The molecule has 1 aliphatic carbocycles. The van der Waals surface area contributed by atoms with Gasteiger partial charge in [0.1, 0.15) is 17.9 Å². The van der Waals surface area contributed by atoms with Crippen molar-refractivity contribution >= 4 is 12.1 Å². The molecule has 1 saturated carbocycles. The lowest BCUT2D eigenvalue weighted by molar-refractivity contribution is -0.140. The molecule has 1 aromatic rings. The molecule has 1 N–H and O–H groups in total. The van der Waals surface area contributed by atoms with Crippen molar-refractivity contribution in [3.05, 3.63) is 47.7 Å². The third kappa shape index (κ3) is 6.55. The number of benzene rings is 1. The summed E-state index contributed by atoms with van der Waals surface area (Å²) in [7, 11) is 0. The number of nitrogens with one attached hydrogen (secondary N) is 1. The molecule has 1 fully saturated rings. The summed E-state index contributed by atoms with van der Waals surface area (Å²) >= 11 is 0. The van der Waals surface area contributed by atoms with Gasteiger partial charge in [0.2, 0.25) is 0 Å². The Morgan fingerprint density at radius 3 is 2.43 bits per heavy atom. The minimum atomic E-state index is -0.652. The highest BCUT2D eigenvalue weighted by molar-refractivity contribution is 5.92. The fourth-order valence-electron chi connectivity index (χ4n) is 1.87. The van der Waals surface area contributed by atoms with E-state index in [2.05, 4.69) is 5.32 Å². The maximum atomic E-state index is 12.2. The highest BCUT2D eigenvalue weighted by atomic mass is 16.6. The number of ether oxygens (including phenoxy) is 2. The predicted octanol–water partition coefficient (Wildman–Crippen LogP) is 3.55. The first kappa shape index (κ1) is 17.1. The van der Waals surface area contributed by atoms with Crippen molar-refractivity contribution in [2.75, 3.05) is 0 Å². The zero-order valence-corrected chi connectivity index (χ0v) is 13.8. The average molecular weight is 317 g/mol. The molecule has 5 nitrogen and oxygen atoms in total. The van der Waals surface area contributed by atoms with E-state index in [0.29, 0.717) is 5.92 Å². The molecule has 124 valence electrons. The van der Waals surface area contributed by atoms with Crippen molar-refractivity contribution < 1.29 is 19.1 Å². The van der Waals surface area contributed by atoms with Gasteiger partial charge >= 0.3 is 12.1 Å². The number of carbonyl (C=O) groups excluding carboxylic acids is 2. The van der Waals surface area contributed by atoms with Gasteiger partial charge in [-0.05, 0) is 45.1 Å². The summed E-state index contributed by atoms with van der Waals surface area (Å²) in [6.07, 6.45) is 3.13. The van der Waals surface area contributed by atoms with Gasteiger partial charge in [-0.25, -0.2) is 9.59 Å². The molecule has 1 aliphatic rings. The molecule has 0 atom stereocenters. The Balaban J connectivity index is 1.95. The van der Waals surface area contributed by atoms with E-state index in [1.807, 2.05) is 30.3 Å². The van der Waals surface area contributed by atoms with Crippen LogP contribution in [0.1, 0.15) is 39.2 Å². The highest BCUT2D eigenvalue weighted by Crippen LogP contribution is 2.31. The number of hydrogen-bond acceptors (Lipinski definition) is 4. The Morgan fingerprint density at radius 2 is 1.87 bits per heavy atom. The van der Waals surface area contributed by atoms with E-state index in [-0.39, 0.29) is 12.3 Å². The van der Waals surface area contributed by atoms with E-state index in [4.69, 9.17) is 9.47 Å². The lowest BCUT2D eigenvalue weighted by Gasteiger charge is -2.20. The fourth-order valence-corrected chi connectivity index (χ4v) is 1.87. The van der Waals surface area contributed by atoms with Crippen molar-refractivity contribution in [2.24, 2.45) is 5.92 Å². The van der Waals surface area contributed by atoms with Gasteiger partial charge in [0, 0.05) is 0 Å². The highest BCUT2D eigenvalue weighted by Gasteiger charge is 2.25. The molecule has 0 unspecified atom stereocenters. The third-order valence-electron chi connectivity index (χ3n) is 3.09. The van der Waals surface area contributed by atoms with Gasteiger partial charge in [0.05, 0.1) is 0 Å². The van der Waals surface area contributed by atoms with Crippen LogP contribution in [0.25, 0.3) is 0 Å². The maximum absolute atomic E-state index is 12.2. The maximum Gasteiger partial charge on any atom is 0.412 e. The molecule has 0 radical (unpaired) electrons. The van der Waals surface area contributed by atoms with Gasteiger partial charge in [-0.15, -0.1) is 0 Å². The largest absolute Gasteiger partial charge is 0.456 e. The Labute approximate surface area is 136 Å². The molecule has 0 aromatic heterocycles. The second kappa shape index (κ2) is 7.31. The third-order valence-corrected chi connectivity index (χ3v) is 3.09. The number of esters is 1. The molecule has 0 bridgehead atoms. The van der Waals surface area contributed by atoms with E-state index in [1.165, 1.54) is 0 Å². The lowest BCUT2D eigenvalue weighted by atomic mass is 10.2. The first-order chi connectivity index (χ1) is 10.8. The van der Waals surface area contributed by atoms with Crippen LogP contribution in [-0.4, -0.2) is 17.7 Å². The van der Waals surface area contributed by atoms with E-state index in [0.717, 1.165) is 18.4 Å². The average Bonchev–Trinajstić information content (AvgIpc) is 3.27. The van der Waals surface area contributed by atoms with Crippen molar-refractivity contribution in [1.82, 2.24) is 5.32 Å². The van der Waals surface area contributed by atoms with Crippen LogP contribution in [0, 0.1) is 5.92 Å². The van der Waals surface area contributed by atoms with Gasteiger partial charge in [-0.2, -0.15) is 0 Å². The van der Waals surface area contributed by atoms with E-state index < -0.39 is 17.7 Å². The van der Waals surface area contributed by atoms with Crippen LogP contribution >= 0.6 is 0 Å². The predicted molar refractivity (Wildman–Crippen MR) is 86.4 cm³/mol. The molecule has 0 heterocycles. The molecule has 2 rings (SSSR count). The summed E-state index contributed by atoms with van der Waals surface area (Å²) in [6, 6.07) is 9.40. The zero-order valence-electron chi connectivity index (χ0n) is 13.8. The van der Waals surface area contributed by atoms with Crippen molar-refractivity contribution in [2.45, 2.75) is 45.8 Å². The number of allylic oxidation sites excluding steroid dienone is 1. The molecular formula is C18H23NO4. The van der Waals surface area contributed by atoms with Crippen LogP contribution in [0.4, 0.5) is 4.79 Å². The first-order valence-electron chi connectivity index (χ1n) is 7.76. The standard InChI is InChI=1S/C18H23NO4/c1-18(2,3)23-17(21)19-15(11-13-9-10-13)16(20)22-12-14-7-5-4-6-8-14/h4-8,11,13H,9-10,12H2,1-3H3,(H,19,21). The van der Waals surface area contributed by atoms with Gasteiger partial charge in [-0.1, -0.05) is 36.4 Å². The van der Waals surface area contributed by atoms with E-state index in [1.54, 1.807) is 26.8 Å². The minimum Gasteiger partial charge on any atom is -0.456 e. The van der Waals surface area contributed by atoms with Crippen LogP contribution in [0.5, 0.6) is 0 Å². The second-order valence-electron chi connectivity index (χ2n) is 6.61. The number of rotatable bonds is 5. The van der Waals surface area contributed by atoms with Crippen LogP contribution in [-0.2, 0) is 20.9 Å². The van der Waals surface area contributed by atoms with Crippen molar-refractivity contribution in [3.8, 4) is 0 Å². The summed E-state index contributed by atoms with van der Waals surface area (Å²) in [6.45, 7) is 5.47. The number of amides is 1. The molecule has 0 aliphatic heterocycles. The Kier molecular flexibility index (Phi) is 5.42. The summed E-state index contributed by atoms with van der Waals surface area (Å²) in [5.41, 5.74) is 0.421. The van der Waals surface area contributed by atoms with Gasteiger partial charge in [0.15, 0.2) is 0 Å². The summed E-state index contributed by atoms with van der Waals surface area (Å²) in [4.78, 5) is 24.1. The number of carbonyl (C=O) groups is 2. The fraction of sp³-hybridized carbons (Fsp3) is 0.444. The van der Waals surface area contributed by atoms with Gasteiger partial charge in [0.25, 0.3) is 0 Å². The normalized spacial score (nSPS) is 15.0. The molecule has 23 heavy (non-hydrogen) atoms. The Bertz CT molecular complexity index is 583. The summed E-state index contributed by atoms with van der Waals surface area (Å²) in [5, 5.41) is 2.51. The first-order valence-corrected chi connectivity index (χ1v) is 7.76. The molecule has 0 spiro atoms. The van der Waals surface area contributed by atoms with Crippen molar-refractivity contribution in [3.63, 3.8) is 0 Å². The Hall–Kier alpha value is -2.30. The number of alkyl carbamates (subject to hydrolysis) is 1. The van der Waals surface area contributed by atoms with Crippen LogP contribution in [0.3, 0.4) is 0 Å². The van der Waals surface area contributed by atoms with Gasteiger partial charge < -0.3 is 9.47 Å². The molecular weight excluding hydrogens is 294 g/mol. The van der Waals surface area contributed by atoms with E-state index >= 15 is 0 Å². The van der Waals surface area contributed by atoms with E-state index in [9.17, 15) is 9.59 Å².